The molecule has 142 valence electrons. The molecule has 1 aliphatic heterocycles. The van der Waals surface area contributed by atoms with E-state index in [1.54, 1.807) is 0 Å². The van der Waals surface area contributed by atoms with E-state index in [4.69, 9.17) is 11.6 Å². The number of benzene rings is 1. The van der Waals surface area contributed by atoms with Crippen LogP contribution >= 0.6 is 11.6 Å². The molecule has 1 aromatic heterocycles. The van der Waals surface area contributed by atoms with Gasteiger partial charge in [-0.05, 0) is 25.0 Å². The Morgan fingerprint density at radius 2 is 2.00 bits per heavy atom. The molecule has 0 amide bonds. The molecule has 9 heteroatoms. The van der Waals surface area contributed by atoms with E-state index in [2.05, 4.69) is 21.9 Å². The molecule has 1 aliphatic rings. The minimum atomic E-state index is -0.500. The Hall–Kier alpha value is -2.71. The van der Waals surface area contributed by atoms with Crippen molar-refractivity contribution in [2.24, 2.45) is 0 Å². The molecule has 2 aromatic rings. The number of non-ortho nitro benzene ring substituents is 1. The number of aromatic nitrogens is 2. The van der Waals surface area contributed by atoms with Gasteiger partial charge in [-0.2, -0.15) is 9.78 Å². The summed E-state index contributed by atoms with van der Waals surface area (Å²) in [6.45, 7) is 6.54. The second kappa shape index (κ2) is 8.32. The van der Waals surface area contributed by atoms with Crippen molar-refractivity contribution in [1.29, 1.82) is 0 Å². The van der Waals surface area contributed by atoms with E-state index in [0.29, 0.717) is 11.4 Å². The minimum absolute atomic E-state index is 0.0527. The fourth-order valence-electron chi connectivity index (χ4n) is 3.10. The summed E-state index contributed by atoms with van der Waals surface area (Å²) in [4.78, 5) is 25.1. The van der Waals surface area contributed by atoms with Crippen LogP contribution in [0, 0.1) is 10.1 Å². The Bertz CT molecular complexity index is 889. The van der Waals surface area contributed by atoms with Crippen molar-refractivity contribution in [3.63, 3.8) is 0 Å². The highest BCUT2D eigenvalue weighted by atomic mass is 35.5. The van der Waals surface area contributed by atoms with Gasteiger partial charge in [-0.3, -0.25) is 19.8 Å². The van der Waals surface area contributed by atoms with E-state index in [1.165, 1.54) is 30.5 Å². The average Bonchev–Trinajstić information content (AvgIpc) is 2.67. The van der Waals surface area contributed by atoms with Gasteiger partial charge in [-0.1, -0.05) is 17.7 Å². The van der Waals surface area contributed by atoms with E-state index >= 15 is 0 Å². The molecular formula is C18H20ClN5O3. The Morgan fingerprint density at radius 1 is 1.33 bits per heavy atom. The topological polar surface area (TPSA) is 93.3 Å². The van der Waals surface area contributed by atoms with Crippen molar-refractivity contribution >= 4 is 23.0 Å². The first-order chi connectivity index (χ1) is 13.0. The second-order valence-electron chi connectivity index (χ2n) is 6.37. The van der Waals surface area contributed by atoms with Crippen LogP contribution in [0.4, 0.5) is 11.4 Å². The summed E-state index contributed by atoms with van der Waals surface area (Å²) >= 11 is 6.26. The van der Waals surface area contributed by atoms with Gasteiger partial charge in [0, 0.05) is 37.8 Å². The van der Waals surface area contributed by atoms with Gasteiger partial charge < -0.3 is 5.32 Å². The van der Waals surface area contributed by atoms with Crippen molar-refractivity contribution in [3.05, 3.63) is 68.6 Å². The summed E-state index contributed by atoms with van der Waals surface area (Å²) in [5, 5.41) is 18.3. The van der Waals surface area contributed by atoms with Gasteiger partial charge in [0.15, 0.2) is 0 Å². The molecule has 0 bridgehead atoms. The fraction of sp³-hybridized carbons (Fsp3) is 0.333. The lowest BCUT2D eigenvalue weighted by molar-refractivity contribution is -0.384. The number of nitrogens with one attached hydrogen (secondary N) is 1. The van der Waals surface area contributed by atoms with Crippen LogP contribution in [-0.2, 0) is 0 Å². The molecule has 0 spiro atoms. The predicted octanol–water partition coefficient (Wildman–Crippen LogP) is 2.86. The molecule has 27 heavy (non-hydrogen) atoms. The molecule has 3 rings (SSSR count). The number of rotatable bonds is 6. The second-order valence-corrected chi connectivity index (χ2v) is 6.75. The molecule has 8 nitrogen and oxygen atoms in total. The van der Waals surface area contributed by atoms with Crippen LogP contribution in [0.1, 0.15) is 12.8 Å². The maximum absolute atomic E-state index is 12.6. The van der Waals surface area contributed by atoms with E-state index in [0.717, 1.165) is 37.2 Å². The van der Waals surface area contributed by atoms with Crippen LogP contribution in [0.5, 0.6) is 0 Å². The summed E-state index contributed by atoms with van der Waals surface area (Å²) in [5.74, 6) is 0. The van der Waals surface area contributed by atoms with Crippen molar-refractivity contribution in [2.45, 2.75) is 18.9 Å². The number of hydrogen-bond acceptors (Lipinski definition) is 6. The molecule has 0 saturated carbocycles. The summed E-state index contributed by atoms with van der Waals surface area (Å²) in [6.07, 6.45) is 5.29. The third kappa shape index (κ3) is 4.35. The lowest BCUT2D eigenvalue weighted by Crippen LogP contribution is -2.39. The summed E-state index contributed by atoms with van der Waals surface area (Å²) in [7, 11) is 0. The Morgan fingerprint density at radius 3 is 2.59 bits per heavy atom. The summed E-state index contributed by atoms with van der Waals surface area (Å²) in [6, 6.07) is 5.79. The first-order valence-electron chi connectivity index (χ1n) is 8.62. The zero-order valence-corrected chi connectivity index (χ0v) is 15.4. The van der Waals surface area contributed by atoms with Gasteiger partial charge in [0.1, 0.15) is 5.02 Å². The average molecular weight is 390 g/mol. The standard InChI is InChI=1S/C18H20ClN5O3/c1-2-9-22-10-7-13(8-11-22)21-16-12-20-23(18(25)17(16)19)14-3-5-15(6-4-14)24(26)27/h2-6,12-13,21H,1,7-11H2. The fourth-order valence-corrected chi connectivity index (χ4v) is 3.28. The molecule has 0 aliphatic carbocycles. The number of likely N-dealkylation sites (tertiary alicyclic amines) is 1. The minimum Gasteiger partial charge on any atom is -0.380 e. The van der Waals surface area contributed by atoms with Gasteiger partial charge in [0.25, 0.3) is 11.2 Å². The highest BCUT2D eigenvalue weighted by Gasteiger charge is 2.20. The molecular weight excluding hydrogens is 370 g/mol. The van der Waals surface area contributed by atoms with Crippen LogP contribution in [-0.4, -0.2) is 45.3 Å². The molecule has 0 atom stereocenters. The van der Waals surface area contributed by atoms with E-state index in [1.807, 2.05) is 6.08 Å². The highest BCUT2D eigenvalue weighted by Crippen LogP contribution is 2.22. The smallest absolute Gasteiger partial charge is 0.292 e. The number of nitro benzene ring substituents is 1. The molecule has 1 N–H and O–H groups in total. The zero-order valence-electron chi connectivity index (χ0n) is 14.7. The van der Waals surface area contributed by atoms with E-state index in [-0.39, 0.29) is 16.8 Å². The van der Waals surface area contributed by atoms with Gasteiger partial charge in [-0.25, -0.2) is 0 Å². The molecule has 0 radical (unpaired) electrons. The number of nitro groups is 1. The normalized spacial score (nSPS) is 15.4. The highest BCUT2D eigenvalue weighted by molar-refractivity contribution is 6.32. The first kappa shape index (κ1) is 19.1. The Labute approximate surface area is 161 Å². The quantitative estimate of drug-likeness (QED) is 0.464. The Kier molecular flexibility index (Phi) is 5.88. The van der Waals surface area contributed by atoms with Gasteiger partial charge in [0.05, 0.1) is 22.5 Å². The third-order valence-corrected chi connectivity index (χ3v) is 4.92. The maximum Gasteiger partial charge on any atom is 0.292 e. The number of hydrogen-bond donors (Lipinski definition) is 1. The van der Waals surface area contributed by atoms with Gasteiger partial charge in [0.2, 0.25) is 0 Å². The van der Waals surface area contributed by atoms with Crippen LogP contribution < -0.4 is 10.9 Å². The van der Waals surface area contributed by atoms with Crippen LogP contribution in [0.15, 0.2) is 47.9 Å². The third-order valence-electron chi connectivity index (χ3n) is 4.56. The molecule has 1 saturated heterocycles. The summed E-state index contributed by atoms with van der Waals surface area (Å²) in [5.41, 5.74) is 0.386. The SMILES string of the molecule is C=CCN1CCC(Nc2cnn(-c3ccc([N+](=O)[O-])cc3)c(=O)c2Cl)CC1. The number of anilines is 1. The van der Waals surface area contributed by atoms with Crippen LogP contribution in [0.3, 0.4) is 0 Å². The zero-order chi connectivity index (χ0) is 19.4. The van der Waals surface area contributed by atoms with E-state index in [9.17, 15) is 14.9 Å². The van der Waals surface area contributed by atoms with E-state index < -0.39 is 10.5 Å². The molecule has 0 unspecified atom stereocenters. The van der Waals surface area contributed by atoms with Crippen molar-refractivity contribution in [2.75, 3.05) is 25.0 Å². The molecule has 2 heterocycles. The molecule has 1 aromatic carbocycles. The molecule has 1 fully saturated rings. The summed E-state index contributed by atoms with van der Waals surface area (Å²) < 4.78 is 1.13. The van der Waals surface area contributed by atoms with Crippen LogP contribution in [0.25, 0.3) is 5.69 Å². The van der Waals surface area contributed by atoms with Crippen molar-refractivity contribution < 1.29 is 4.92 Å². The van der Waals surface area contributed by atoms with Crippen molar-refractivity contribution in [1.82, 2.24) is 14.7 Å². The lowest BCUT2D eigenvalue weighted by Gasteiger charge is -2.32. The number of halogens is 1. The monoisotopic (exact) mass is 389 g/mol. The Balaban J connectivity index is 1.74. The van der Waals surface area contributed by atoms with Crippen LogP contribution in [0.2, 0.25) is 5.02 Å². The van der Waals surface area contributed by atoms with Gasteiger partial charge >= 0.3 is 0 Å². The van der Waals surface area contributed by atoms with Gasteiger partial charge in [-0.15, -0.1) is 6.58 Å². The van der Waals surface area contributed by atoms with Crippen molar-refractivity contribution in [3.8, 4) is 5.69 Å². The first-order valence-corrected chi connectivity index (χ1v) is 9.00. The number of nitrogens with zero attached hydrogens (tertiary/aromatic N) is 4. The number of piperidine rings is 1. The lowest BCUT2D eigenvalue weighted by atomic mass is 10.0. The largest absolute Gasteiger partial charge is 0.380 e. The predicted molar refractivity (Wildman–Crippen MR) is 105 cm³/mol. The maximum atomic E-state index is 12.6.